The average Bonchev–Trinajstić information content (AvgIpc) is 2.34. The summed E-state index contributed by atoms with van der Waals surface area (Å²) in [4.78, 5) is 25.1. The molecular formula is C12H9F3N2O2. The zero-order valence-electron chi connectivity index (χ0n) is 9.57. The molecule has 0 atom stereocenters. The lowest BCUT2D eigenvalue weighted by Crippen LogP contribution is -2.39. The number of aromatic amines is 1. The van der Waals surface area contributed by atoms with E-state index in [0.717, 1.165) is 0 Å². The molecule has 2 rings (SSSR count). The van der Waals surface area contributed by atoms with Crippen LogP contribution in [0, 0.1) is 0 Å². The van der Waals surface area contributed by atoms with E-state index in [1.807, 2.05) is 4.98 Å². The maximum Gasteiger partial charge on any atom is 0.423 e. The highest BCUT2D eigenvalue weighted by Crippen LogP contribution is 2.25. The van der Waals surface area contributed by atoms with E-state index in [1.54, 1.807) is 30.3 Å². The van der Waals surface area contributed by atoms with Gasteiger partial charge in [-0.05, 0) is 5.56 Å². The summed E-state index contributed by atoms with van der Waals surface area (Å²) in [5.74, 6) is 0. The van der Waals surface area contributed by atoms with Crippen molar-refractivity contribution >= 4 is 0 Å². The molecule has 7 heteroatoms. The van der Waals surface area contributed by atoms with E-state index in [0.29, 0.717) is 16.3 Å². The highest BCUT2D eigenvalue weighted by Gasteiger charge is 2.35. The van der Waals surface area contributed by atoms with Crippen LogP contribution in [0.4, 0.5) is 13.2 Å². The normalized spacial score (nSPS) is 11.5. The van der Waals surface area contributed by atoms with Gasteiger partial charge in [0.15, 0.2) is 0 Å². The topological polar surface area (TPSA) is 54.9 Å². The molecule has 0 spiro atoms. The van der Waals surface area contributed by atoms with E-state index >= 15 is 0 Å². The van der Waals surface area contributed by atoms with Gasteiger partial charge in [0.05, 0.1) is 6.54 Å². The fourth-order valence-corrected chi connectivity index (χ4v) is 1.62. The summed E-state index contributed by atoms with van der Waals surface area (Å²) >= 11 is 0. The van der Waals surface area contributed by atoms with Crippen molar-refractivity contribution in [2.24, 2.45) is 0 Å². The molecule has 0 fully saturated rings. The summed E-state index contributed by atoms with van der Waals surface area (Å²) in [5.41, 5.74) is -3.04. The van der Waals surface area contributed by atoms with Gasteiger partial charge >= 0.3 is 11.9 Å². The third-order valence-corrected chi connectivity index (χ3v) is 2.55. The van der Waals surface area contributed by atoms with Crippen LogP contribution in [0.3, 0.4) is 0 Å². The molecule has 1 heterocycles. The predicted octanol–water partition coefficient (Wildman–Crippen LogP) is 1.60. The van der Waals surface area contributed by atoms with Crippen molar-refractivity contribution in [2.75, 3.05) is 0 Å². The minimum absolute atomic E-state index is 0.209. The fourth-order valence-electron chi connectivity index (χ4n) is 1.62. The zero-order valence-corrected chi connectivity index (χ0v) is 9.57. The first-order valence-corrected chi connectivity index (χ1v) is 5.33. The molecule has 2 aromatic rings. The van der Waals surface area contributed by atoms with Crippen molar-refractivity contribution in [1.29, 1.82) is 0 Å². The Labute approximate surface area is 105 Å². The van der Waals surface area contributed by atoms with E-state index in [4.69, 9.17) is 0 Å². The monoisotopic (exact) mass is 270 g/mol. The van der Waals surface area contributed by atoms with Crippen LogP contribution in [-0.2, 0) is 12.7 Å². The Morgan fingerprint density at radius 2 is 1.74 bits per heavy atom. The van der Waals surface area contributed by atoms with E-state index in [9.17, 15) is 22.8 Å². The lowest BCUT2D eigenvalue weighted by atomic mass is 10.2. The van der Waals surface area contributed by atoms with Crippen LogP contribution in [0.2, 0.25) is 0 Å². The summed E-state index contributed by atoms with van der Waals surface area (Å²) in [5, 5.41) is 0. The van der Waals surface area contributed by atoms with Crippen molar-refractivity contribution in [1.82, 2.24) is 9.55 Å². The Hall–Kier alpha value is -2.31. The highest BCUT2D eigenvalue weighted by atomic mass is 19.4. The number of nitrogens with one attached hydrogen (secondary N) is 1. The summed E-state index contributed by atoms with van der Waals surface area (Å²) in [6, 6.07) is 8.30. The third kappa shape index (κ3) is 2.75. The molecule has 1 aromatic heterocycles. The molecule has 1 aromatic carbocycles. The Kier molecular flexibility index (Phi) is 3.28. The molecule has 0 aliphatic carbocycles. The van der Waals surface area contributed by atoms with E-state index < -0.39 is 23.0 Å². The number of halogens is 3. The van der Waals surface area contributed by atoms with Crippen LogP contribution >= 0.6 is 0 Å². The van der Waals surface area contributed by atoms with Gasteiger partial charge in [-0.1, -0.05) is 30.3 Å². The van der Waals surface area contributed by atoms with Crippen molar-refractivity contribution < 1.29 is 13.2 Å². The van der Waals surface area contributed by atoms with Crippen molar-refractivity contribution in [3.63, 3.8) is 0 Å². The van der Waals surface area contributed by atoms with Gasteiger partial charge in [-0.2, -0.15) is 13.2 Å². The summed E-state index contributed by atoms with van der Waals surface area (Å²) < 4.78 is 38.2. The van der Waals surface area contributed by atoms with Crippen LogP contribution in [0.15, 0.2) is 46.1 Å². The van der Waals surface area contributed by atoms with E-state index in [-0.39, 0.29) is 6.54 Å². The van der Waals surface area contributed by atoms with Crippen LogP contribution in [0.1, 0.15) is 11.1 Å². The second-order valence-electron chi connectivity index (χ2n) is 3.88. The Morgan fingerprint density at radius 1 is 1.11 bits per heavy atom. The van der Waals surface area contributed by atoms with Gasteiger partial charge < -0.3 is 4.98 Å². The number of H-pyrrole nitrogens is 1. The lowest BCUT2D eigenvalue weighted by Gasteiger charge is -2.09. The molecule has 100 valence electrons. The standard InChI is InChI=1S/C12H9F3N2O2/c13-12(14,15)9-6-16-11(19)17(10(9)18)7-8-4-2-1-3-5-8/h1-6H,7H2,(H,16,19). The molecular weight excluding hydrogens is 261 g/mol. The zero-order chi connectivity index (χ0) is 14.0. The fraction of sp³-hybridized carbons (Fsp3) is 0.167. The minimum atomic E-state index is -4.79. The third-order valence-electron chi connectivity index (χ3n) is 2.55. The number of nitrogens with zero attached hydrogens (tertiary/aromatic N) is 1. The number of hydrogen-bond donors (Lipinski definition) is 1. The molecule has 0 radical (unpaired) electrons. The first-order chi connectivity index (χ1) is 8.89. The minimum Gasteiger partial charge on any atom is -0.313 e. The molecule has 0 aliphatic rings. The van der Waals surface area contributed by atoms with Crippen LogP contribution in [0.5, 0.6) is 0 Å². The molecule has 4 nitrogen and oxygen atoms in total. The largest absolute Gasteiger partial charge is 0.423 e. The quantitative estimate of drug-likeness (QED) is 0.901. The van der Waals surface area contributed by atoms with E-state index in [1.165, 1.54) is 0 Å². The number of rotatable bonds is 2. The van der Waals surface area contributed by atoms with Gasteiger partial charge in [0, 0.05) is 6.20 Å². The molecule has 0 saturated carbocycles. The molecule has 19 heavy (non-hydrogen) atoms. The van der Waals surface area contributed by atoms with Gasteiger partial charge in [-0.3, -0.25) is 9.36 Å². The number of benzene rings is 1. The van der Waals surface area contributed by atoms with Crippen LogP contribution in [-0.4, -0.2) is 9.55 Å². The van der Waals surface area contributed by atoms with Crippen molar-refractivity contribution in [3.05, 3.63) is 68.5 Å². The highest BCUT2D eigenvalue weighted by molar-refractivity contribution is 5.16. The second-order valence-corrected chi connectivity index (χ2v) is 3.88. The number of aromatic nitrogens is 2. The summed E-state index contributed by atoms with van der Waals surface area (Å²) in [6.07, 6.45) is -4.40. The summed E-state index contributed by atoms with van der Waals surface area (Å²) in [6.45, 7) is -0.209. The van der Waals surface area contributed by atoms with Gasteiger partial charge in [0.25, 0.3) is 5.56 Å². The van der Waals surface area contributed by atoms with Crippen molar-refractivity contribution in [3.8, 4) is 0 Å². The first-order valence-electron chi connectivity index (χ1n) is 5.33. The van der Waals surface area contributed by atoms with Gasteiger partial charge in [0.1, 0.15) is 5.56 Å². The lowest BCUT2D eigenvalue weighted by molar-refractivity contribution is -0.139. The maximum absolute atomic E-state index is 12.6. The van der Waals surface area contributed by atoms with Gasteiger partial charge in [0.2, 0.25) is 0 Å². The van der Waals surface area contributed by atoms with Crippen LogP contribution < -0.4 is 11.2 Å². The van der Waals surface area contributed by atoms with E-state index in [2.05, 4.69) is 0 Å². The Morgan fingerprint density at radius 3 is 2.32 bits per heavy atom. The molecule has 0 aliphatic heterocycles. The molecule has 0 amide bonds. The predicted molar refractivity (Wildman–Crippen MR) is 61.9 cm³/mol. The Bertz CT molecular complexity index is 687. The smallest absolute Gasteiger partial charge is 0.313 e. The second kappa shape index (κ2) is 4.75. The number of alkyl halides is 3. The van der Waals surface area contributed by atoms with Gasteiger partial charge in [-0.25, -0.2) is 4.79 Å². The molecule has 0 unspecified atom stereocenters. The molecule has 0 saturated heterocycles. The molecule has 1 N–H and O–H groups in total. The Balaban J connectivity index is 2.52. The van der Waals surface area contributed by atoms with Crippen LogP contribution in [0.25, 0.3) is 0 Å². The summed E-state index contributed by atoms with van der Waals surface area (Å²) in [7, 11) is 0. The van der Waals surface area contributed by atoms with Crippen molar-refractivity contribution in [2.45, 2.75) is 12.7 Å². The van der Waals surface area contributed by atoms with Gasteiger partial charge in [-0.15, -0.1) is 0 Å². The molecule has 0 bridgehead atoms. The first kappa shape index (κ1) is 13.1. The average molecular weight is 270 g/mol. The maximum atomic E-state index is 12.6. The SMILES string of the molecule is O=c1[nH]cc(C(F)(F)F)c(=O)n1Cc1ccccc1. The number of hydrogen-bond acceptors (Lipinski definition) is 2.